The minimum absolute atomic E-state index is 0.142. The van der Waals surface area contributed by atoms with Crippen molar-refractivity contribution >= 4 is 49.9 Å². The summed E-state index contributed by atoms with van der Waals surface area (Å²) in [6, 6.07) is 5.87. The van der Waals surface area contributed by atoms with Crippen LogP contribution >= 0.6 is 35.6 Å². The Morgan fingerprint density at radius 2 is 1.93 bits per heavy atom. The van der Waals surface area contributed by atoms with E-state index in [1.807, 2.05) is 0 Å². The number of thiocarbonyl (C=S) groups is 1. The first kappa shape index (κ1) is 12.8. The number of hydrogen-bond acceptors (Lipinski definition) is 4. The van der Waals surface area contributed by atoms with Crippen molar-refractivity contribution in [2.75, 3.05) is 6.26 Å². The molecule has 0 saturated carbocycles. The summed E-state index contributed by atoms with van der Waals surface area (Å²) in [5.74, 6) is 0. The second kappa shape index (κ2) is 5.16. The molecule has 0 amide bonds. The number of thioether (sulfide) groups is 1. The lowest BCUT2D eigenvalue weighted by atomic mass is 10.4. The van der Waals surface area contributed by atoms with E-state index >= 15 is 0 Å². The summed E-state index contributed by atoms with van der Waals surface area (Å²) < 4.78 is 25.8. The van der Waals surface area contributed by atoms with E-state index in [0.29, 0.717) is 5.02 Å². The van der Waals surface area contributed by atoms with Gasteiger partial charge >= 0.3 is 0 Å². The van der Waals surface area contributed by atoms with Crippen LogP contribution in [0.25, 0.3) is 0 Å². The Balaban J connectivity index is 2.96. The number of nitrogens with one attached hydrogen (secondary N) is 1. The van der Waals surface area contributed by atoms with Crippen LogP contribution < -0.4 is 4.72 Å². The largest absolute Gasteiger partial charge is 0.264 e. The Morgan fingerprint density at radius 3 is 2.40 bits per heavy atom. The van der Waals surface area contributed by atoms with Gasteiger partial charge in [-0.3, -0.25) is 4.72 Å². The summed E-state index contributed by atoms with van der Waals surface area (Å²) in [4.78, 5) is 0.142. The second-order valence-corrected chi connectivity index (χ2v) is 6.15. The van der Waals surface area contributed by atoms with E-state index in [1.165, 1.54) is 24.3 Å². The van der Waals surface area contributed by atoms with E-state index in [2.05, 4.69) is 4.72 Å². The summed E-state index contributed by atoms with van der Waals surface area (Å²) in [7, 11) is -3.56. The lowest BCUT2D eigenvalue weighted by Crippen LogP contribution is -2.26. The minimum atomic E-state index is -3.56. The molecule has 0 aliphatic heterocycles. The predicted molar refractivity (Wildman–Crippen MR) is 67.9 cm³/mol. The first-order chi connectivity index (χ1) is 6.95. The summed E-state index contributed by atoms with van der Waals surface area (Å²) in [6.07, 6.45) is 1.70. The molecule has 1 N–H and O–H groups in total. The van der Waals surface area contributed by atoms with Crippen molar-refractivity contribution < 1.29 is 8.42 Å². The third kappa shape index (κ3) is 3.64. The molecule has 0 aromatic heterocycles. The van der Waals surface area contributed by atoms with Gasteiger partial charge in [0.1, 0.15) is 4.32 Å². The van der Waals surface area contributed by atoms with Gasteiger partial charge in [-0.15, -0.1) is 0 Å². The summed E-state index contributed by atoms with van der Waals surface area (Å²) in [6.45, 7) is 0. The van der Waals surface area contributed by atoms with Crippen molar-refractivity contribution in [1.29, 1.82) is 0 Å². The highest BCUT2D eigenvalue weighted by Crippen LogP contribution is 2.14. The predicted octanol–water partition coefficient (Wildman–Crippen LogP) is 2.27. The van der Waals surface area contributed by atoms with Gasteiger partial charge in [0.15, 0.2) is 0 Å². The molecule has 0 unspecified atom stereocenters. The number of rotatable bonds is 2. The van der Waals surface area contributed by atoms with Crippen LogP contribution in [0.15, 0.2) is 29.2 Å². The zero-order valence-corrected chi connectivity index (χ0v) is 10.9. The smallest absolute Gasteiger partial charge is 0.262 e. The van der Waals surface area contributed by atoms with Gasteiger partial charge in [0, 0.05) is 5.02 Å². The van der Waals surface area contributed by atoms with E-state index in [0.717, 1.165) is 11.8 Å². The maximum Gasteiger partial charge on any atom is 0.262 e. The van der Waals surface area contributed by atoms with Crippen LogP contribution in [0.5, 0.6) is 0 Å². The molecule has 7 heteroatoms. The van der Waals surface area contributed by atoms with Gasteiger partial charge in [0.2, 0.25) is 0 Å². The Hall–Kier alpha value is -0.300. The van der Waals surface area contributed by atoms with Crippen LogP contribution in [0.4, 0.5) is 0 Å². The molecule has 0 saturated heterocycles. The fourth-order valence-corrected chi connectivity index (χ4v) is 2.77. The number of halogens is 1. The van der Waals surface area contributed by atoms with Gasteiger partial charge in [-0.25, -0.2) is 8.42 Å². The van der Waals surface area contributed by atoms with Crippen LogP contribution in [-0.4, -0.2) is 19.0 Å². The van der Waals surface area contributed by atoms with E-state index in [9.17, 15) is 8.42 Å². The highest BCUT2D eigenvalue weighted by Gasteiger charge is 2.14. The molecule has 0 heterocycles. The molecule has 0 spiro atoms. The summed E-state index contributed by atoms with van der Waals surface area (Å²) in [5.41, 5.74) is 0. The van der Waals surface area contributed by atoms with E-state index in [4.69, 9.17) is 23.8 Å². The Kier molecular flexibility index (Phi) is 4.39. The number of hydrogen-bond donors (Lipinski definition) is 1. The minimum Gasteiger partial charge on any atom is -0.264 e. The molecule has 1 aromatic rings. The third-order valence-corrected chi connectivity index (χ3v) is 4.48. The summed E-state index contributed by atoms with van der Waals surface area (Å²) in [5, 5.41) is 0.487. The standard InChI is InChI=1S/C8H8ClNO2S3/c1-14-8(13)10-15(11,12)7-4-2-6(9)3-5-7/h2-5H,1H3,(H,10,13). The van der Waals surface area contributed by atoms with Crippen LogP contribution in [0.2, 0.25) is 5.02 Å². The van der Waals surface area contributed by atoms with Crippen molar-refractivity contribution in [3.05, 3.63) is 29.3 Å². The molecule has 1 rings (SSSR count). The molecular weight excluding hydrogens is 274 g/mol. The molecule has 0 atom stereocenters. The molecule has 0 radical (unpaired) electrons. The van der Waals surface area contributed by atoms with E-state index in [1.54, 1.807) is 6.26 Å². The zero-order chi connectivity index (χ0) is 11.5. The number of benzene rings is 1. The van der Waals surface area contributed by atoms with E-state index in [-0.39, 0.29) is 9.22 Å². The topological polar surface area (TPSA) is 46.2 Å². The molecule has 0 aliphatic rings. The highest BCUT2D eigenvalue weighted by molar-refractivity contribution is 8.23. The fraction of sp³-hybridized carbons (Fsp3) is 0.125. The molecule has 0 aliphatic carbocycles. The normalized spacial score (nSPS) is 11.1. The van der Waals surface area contributed by atoms with Crippen LogP contribution in [0.1, 0.15) is 0 Å². The van der Waals surface area contributed by atoms with Gasteiger partial charge in [-0.05, 0) is 30.5 Å². The van der Waals surface area contributed by atoms with Crippen molar-refractivity contribution in [2.45, 2.75) is 4.90 Å². The van der Waals surface area contributed by atoms with Gasteiger partial charge in [0.25, 0.3) is 10.0 Å². The van der Waals surface area contributed by atoms with Crippen molar-refractivity contribution in [3.8, 4) is 0 Å². The van der Waals surface area contributed by atoms with Gasteiger partial charge in [-0.1, -0.05) is 35.6 Å². The maximum atomic E-state index is 11.7. The molecule has 82 valence electrons. The highest BCUT2D eigenvalue weighted by atomic mass is 35.5. The van der Waals surface area contributed by atoms with Crippen molar-refractivity contribution in [3.63, 3.8) is 0 Å². The lowest BCUT2D eigenvalue weighted by Gasteiger charge is -2.06. The van der Waals surface area contributed by atoms with Crippen molar-refractivity contribution in [2.24, 2.45) is 0 Å². The maximum absolute atomic E-state index is 11.7. The van der Waals surface area contributed by atoms with Gasteiger partial charge < -0.3 is 0 Å². The third-order valence-electron chi connectivity index (χ3n) is 1.53. The lowest BCUT2D eigenvalue weighted by molar-refractivity contribution is 0.593. The average Bonchev–Trinajstić information content (AvgIpc) is 2.17. The van der Waals surface area contributed by atoms with E-state index < -0.39 is 10.0 Å². The molecule has 1 aromatic carbocycles. The molecule has 3 nitrogen and oxygen atoms in total. The number of sulfonamides is 1. The second-order valence-electron chi connectivity index (χ2n) is 2.55. The first-order valence-corrected chi connectivity index (χ1v) is 7.31. The van der Waals surface area contributed by atoms with Crippen LogP contribution in [0.3, 0.4) is 0 Å². The molecule has 15 heavy (non-hydrogen) atoms. The SMILES string of the molecule is CSC(=S)NS(=O)(=O)c1ccc(Cl)cc1. The van der Waals surface area contributed by atoms with Crippen LogP contribution in [-0.2, 0) is 10.0 Å². The van der Waals surface area contributed by atoms with Gasteiger partial charge in [0.05, 0.1) is 4.90 Å². The first-order valence-electron chi connectivity index (χ1n) is 3.82. The summed E-state index contributed by atoms with van der Waals surface area (Å²) >= 11 is 11.6. The molecule has 0 fully saturated rings. The zero-order valence-electron chi connectivity index (χ0n) is 7.73. The van der Waals surface area contributed by atoms with Gasteiger partial charge in [-0.2, -0.15) is 0 Å². The van der Waals surface area contributed by atoms with Crippen LogP contribution in [0, 0.1) is 0 Å². The molecular formula is C8H8ClNO2S3. The van der Waals surface area contributed by atoms with Crippen molar-refractivity contribution in [1.82, 2.24) is 4.72 Å². The Morgan fingerprint density at radius 1 is 1.40 bits per heavy atom. The Labute approximate surface area is 103 Å². The fourth-order valence-electron chi connectivity index (χ4n) is 0.824. The molecule has 0 bridgehead atoms. The quantitative estimate of drug-likeness (QED) is 0.845. The Bertz CT molecular complexity index is 455. The monoisotopic (exact) mass is 281 g/mol. The average molecular weight is 282 g/mol.